The summed E-state index contributed by atoms with van der Waals surface area (Å²) in [6.45, 7) is 0.944. The van der Waals surface area contributed by atoms with Gasteiger partial charge in [0.1, 0.15) is 3.70 Å². The monoisotopic (exact) mass is 378 g/mol. The second kappa shape index (κ2) is 5.30. The van der Waals surface area contributed by atoms with Crippen LogP contribution >= 0.6 is 33.9 Å². The molecule has 18 heavy (non-hydrogen) atoms. The van der Waals surface area contributed by atoms with Gasteiger partial charge in [-0.25, -0.2) is 4.98 Å². The van der Waals surface area contributed by atoms with Crippen LogP contribution in [0.25, 0.3) is 4.96 Å². The number of nitrogens with one attached hydrogen (secondary N) is 1. The third kappa shape index (κ3) is 2.62. The van der Waals surface area contributed by atoms with Crippen LogP contribution in [0.1, 0.15) is 25.7 Å². The van der Waals surface area contributed by atoms with Crippen LogP contribution in [-0.4, -0.2) is 32.4 Å². The van der Waals surface area contributed by atoms with Gasteiger partial charge in [0.05, 0.1) is 12.3 Å². The van der Waals surface area contributed by atoms with Crippen LogP contribution in [0, 0.1) is 9.62 Å². The van der Waals surface area contributed by atoms with Gasteiger partial charge in [-0.05, 0) is 54.2 Å². The van der Waals surface area contributed by atoms with Gasteiger partial charge in [0.15, 0.2) is 0 Å². The third-order valence-electron chi connectivity index (χ3n) is 3.40. The Labute approximate surface area is 123 Å². The number of aliphatic hydroxyl groups excluding tert-OH is 1. The van der Waals surface area contributed by atoms with Gasteiger partial charge < -0.3 is 10.4 Å². The maximum absolute atomic E-state index is 9.47. The molecule has 0 unspecified atom stereocenters. The van der Waals surface area contributed by atoms with Crippen molar-refractivity contribution in [2.24, 2.45) is 5.92 Å². The zero-order chi connectivity index (χ0) is 12.5. The van der Waals surface area contributed by atoms with E-state index in [1.807, 2.05) is 10.7 Å². The molecule has 98 valence electrons. The summed E-state index contributed by atoms with van der Waals surface area (Å²) in [4.78, 5) is 5.21. The number of rotatable bonds is 3. The van der Waals surface area contributed by atoms with E-state index in [0.29, 0.717) is 5.92 Å². The molecule has 0 aliphatic heterocycles. The fourth-order valence-corrected chi connectivity index (χ4v) is 3.74. The Morgan fingerprint density at radius 3 is 2.94 bits per heavy atom. The molecule has 2 N–H and O–H groups in total. The maximum Gasteiger partial charge on any atom is 0.214 e. The molecule has 0 aromatic carbocycles. The van der Waals surface area contributed by atoms with Crippen LogP contribution in [-0.2, 0) is 0 Å². The highest BCUT2D eigenvalue weighted by Gasteiger charge is 2.19. The van der Waals surface area contributed by atoms with Crippen molar-refractivity contribution >= 4 is 44.0 Å². The summed E-state index contributed by atoms with van der Waals surface area (Å²) in [5.74, 6) is 0.656. The molecule has 1 fully saturated rings. The highest BCUT2D eigenvalue weighted by Crippen LogP contribution is 2.26. The summed E-state index contributed by atoms with van der Waals surface area (Å²) in [7, 11) is 0. The fraction of sp³-hybridized carbons (Fsp3) is 0.636. The summed E-state index contributed by atoms with van der Waals surface area (Å²) < 4.78 is 2.89. The smallest absolute Gasteiger partial charge is 0.214 e. The molecule has 2 aromatic heterocycles. The van der Waals surface area contributed by atoms with Crippen molar-refractivity contribution in [2.45, 2.75) is 31.8 Å². The molecule has 0 saturated heterocycles. The number of imidazole rings is 1. The van der Waals surface area contributed by atoms with E-state index in [1.54, 1.807) is 11.3 Å². The van der Waals surface area contributed by atoms with Gasteiger partial charge in [-0.1, -0.05) is 11.3 Å². The van der Waals surface area contributed by atoms with Gasteiger partial charge in [0, 0.05) is 6.54 Å². The van der Waals surface area contributed by atoms with Crippen LogP contribution in [0.15, 0.2) is 6.20 Å². The molecular weight excluding hydrogens is 363 g/mol. The van der Waals surface area contributed by atoms with Gasteiger partial charge >= 0.3 is 0 Å². The third-order valence-corrected chi connectivity index (χ3v) is 5.02. The molecule has 1 aliphatic carbocycles. The van der Waals surface area contributed by atoms with E-state index >= 15 is 0 Å². The number of hydrogen-bond donors (Lipinski definition) is 2. The molecule has 0 bridgehead atoms. The van der Waals surface area contributed by atoms with Gasteiger partial charge in [-0.3, -0.25) is 0 Å². The summed E-state index contributed by atoms with van der Waals surface area (Å²) in [6, 6.07) is 0. The van der Waals surface area contributed by atoms with Crippen LogP contribution in [0.3, 0.4) is 0 Å². The zero-order valence-electron chi connectivity index (χ0n) is 9.84. The number of aliphatic hydroxyl groups is 1. The largest absolute Gasteiger partial charge is 0.393 e. The Bertz CT molecular complexity index is 532. The Balaban J connectivity index is 1.59. The minimum Gasteiger partial charge on any atom is -0.393 e. The Kier molecular flexibility index (Phi) is 3.71. The van der Waals surface area contributed by atoms with E-state index in [4.69, 9.17) is 0 Å². The molecule has 5 nitrogen and oxygen atoms in total. The lowest BCUT2D eigenvalue weighted by molar-refractivity contribution is 0.111. The molecule has 7 heteroatoms. The van der Waals surface area contributed by atoms with Crippen molar-refractivity contribution in [1.82, 2.24) is 14.6 Å². The minimum atomic E-state index is -0.0778. The lowest BCUT2D eigenvalue weighted by Gasteiger charge is -2.25. The number of anilines is 1. The molecule has 2 aromatic rings. The van der Waals surface area contributed by atoms with Crippen LogP contribution < -0.4 is 5.32 Å². The molecule has 0 radical (unpaired) electrons. The lowest BCUT2D eigenvalue weighted by Crippen LogP contribution is -2.23. The molecule has 0 spiro atoms. The second-order valence-electron chi connectivity index (χ2n) is 4.74. The summed E-state index contributed by atoms with van der Waals surface area (Å²) in [5.41, 5.74) is 0. The van der Waals surface area contributed by atoms with Gasteiger partial charge in [0.25, 0.3) is 0 Å². The van der Waals surface area contributed by atoms with E-state index < -0.39 is 0 Å². The van der Waals surface area contributed by atoms with Gasteiger partial charge in [0.2, 0.25) is 10.1 Å². The highest BCUT2D eigenvalue weighted by molar-refractivity contribution is 14.1. The SMILES string of the molecule is OC1CCC(CNc2nn3c(I)cnc3s2)CC1. The van der Waals surface area contributed by atoms with E-state index in [9.17, 15) is 5.11 Å². The number of aromatic nitrogens is 3. The summed E-state index contributed by atoms with van der Waals surface area (Å²) in [6.07, 6.45) is 5.83. The first-order valence-electron chi connectivity index (χ1n) is 6.14. The van der Waals surface area contributed by atoms with Crippen molar-refractivity contribution in [3.63, 3.8) is 0 Å². The van der Waals surface area contributed by atoms with E-state index in [0.717, 1.165) is 46.0 Å². The molecule has 0 atom stereocenters. The van der Waals surface area contributed by atoms with E-state index in [-0.39, 0.29) is 6.10 Å². The molecule has 1 saturated carbocycles. The van der Waals surface area contributed by atoms with Crippen LogP contribution in [0.2, 0.25) is 0 Å². The Hall–Kier alpha value is -0.410. The predicted molar refractivity (Wildman–Crippen MR) is 80.0 cm³/mol. The van der Waals surface area contributed by atoms with Gasteiger partial charge in [-0.2, -0.15) is 4.52 Å². The average molecular weight is 378 g/mol. The quantitative estimate of drug-likeness (QED) is 0.806. The number of nitrogens with zero attached hydrogens (tertiary/aromatic N) is 3. The van der Waals surface area contributed by atoms with E-state index in [2.05, 4.69) is 38.0 Å². The standard InChI is InChI=1S/C11H15IN4OS/c12-9-6-14-11-16(9)15-10(18-11)13-5-7-1-3-8(17)4-2-7/h6-8,17H,1-5H2,(H,13,15). The normalized spacial score (nSPS) is 24.6. The number of halogens is 1. The predicted octanol–water partition coefficient (Wildman–Crippen LogP) is 2.36. The fourth-order valence-electron chi connectivity index (χ4n) is 2.32. The second-order valence-corrected chi connectivity index (χ2v) is 6.80. The van der Waals surface area contributed by atoms with Crippen molar-refractivity contribution < 1.29 is 5.11 Å². The zero-order valence-corrected chi connectivity index (χ0v) is 12.8. The first-order valence-corrected chi connectivity index (χ1v) is 8.04. The first kappa shape index (κ1) is 12.6. The highest BCUT2D eigenvalue weighted by atomic mass is 127. The van der Waals surface area contributed by atoms with Crippen molar-refractivity contribution in [1.29, 1.82) is 0 Å². The van der Waals surface area contributed by atoms with E-state index in [1.165, 1.54) is 0 Å². The summed E-state index contributed by atoms with van der Waals surface area (Å²) >= 11 is 3.81. The minimum absolute atomic E-state index is 0.0778. The number of fused-ring (bicyclic) bond motifs is 1. The van der Waals surface area contributed by atoms with Crippen molar-refractivity contribution in [2.75, 3.05) is 11.9 Å². The van der Waals surface area contributed by atoms with Crippen molar-refractivity contribution in [3.8, 4) is 0 Å². The first-order chi connectivity index (χ1) is 8.72. The average Bonchev–Trinajstić information content (AvgIpc) is 2.91. The Morgan fingerprint density at radius 2 is 2.22 bits per heavy atom. The van der Waals surface area contributed by atoms with Crippen molar-refractivity contribution in [3.05, 3.63) is 9.90 Å². The molecular formula is C11H15IN4OS. The maximum atomic E-state index is 9.47. The number of hydrogen-bond acceptors (Lipinski definition) is 5. The lowest BCUT2D eigenvalue weighted by atomic mass is 9.87. The topological polar surface area (TPSA) is 62.5 Å². The molecule has 2 heterocycles. The van der Waals surface area contributed by atoms with Crippen LogP contribution in [0.5, 0.6) is 0 Å². The van der Waals surface area contributed by atoms with Gasteiger partial charge in [-0.15, -0.1) is 5.10 Å². The van der Waals surface area contributed by atoms with Crippen LogP contribution in [0.4, 0.5) is 5.13 Å². The summed E-state index contributed by atoms with van der Waals surface area (Å²) in [5, 5.41) is 18.3. The Morgan fingerprint density at radius 1 is 1.44 bits per heavy atom. The molecule has 0 amide bonds. The molecule has 3 rings (SSSR count). The molecule has 1 aliphatic rings.